The van der Waals surface area contributed by atoms with Crippen molar-refractivity contribution >= 4 is 17.6 Å². The molecule has 0 bridgehead atoms. The second-order valence-corrected chi connectivity index (χ2v) is 13.2. The number of nitrogens with zero attached hydrogens (tertiary/aromatic N) is 1. The summed E-state index contributed by atoms with van der Waals surface area (Å²) in [7, 11) is 16.6. The highest BCUT2D eigenvalue weighted by Gasteiger charge is 2.33. The number of rotatable bonds is 14. The molecule has 4 aromatic rings. The van der Waals surface area contributed by atoms with Crippen LogP contribution in [0.2, 0.25) is 0 Å². The zero-order valence-corrected chi connectivity index (χ0v) is 33.3. The van der Waals surface area contributed by atoms with E-state index in [-0.39, 0.29) is 6.04 Å². The fourth-order valence-corrected chi connectivity index (χ4v) is 7.95. The molecule has 12 nitrogen and oxygen atoms in total. The number of nitrogens with one attached hydrogen (secondary N) is 1. The number of likely N-dealkylation sites (N-methyl/N-ethyl adjacent to an activating group) is 1. The van der Waals surface area contributed by atoms with Crippen molar-refractivity contribution in [2.24, 2.45) is 0 Å². The first-order chi connectivity index (χ1) is 26.7. The van der Waals surface area contributed by atoms with Crippen LogP contribution in [0.15, 0.2) is 42.5 Å². The third-order valence-corrected chi connectivity index (χ3v) is 10.7. The van der Waals surface area contributed by atoms with Crippen molar-refractivity contribution in [3.05, 3.63) is 75.8 Å². The summed E-state index contributed by atoms with van der Waals surface area (Å²) < 4.78 is 52.6. The third kappa shape index (κ3) is 6.91. The van der Waals surface area contributed by atoms with Gasteiger partial charge in [-0.1, -0.05) is 0 Å². The molecule has 1 N–H and O–H groups in total. The molecule has 292 valence electrons. The van der Waals surface area contributed by atoms with Gasteiger partial charge in [0.25, 0.3) is 0 Å². The van der Waals surface area contributed by atoms with Crippen molar-refractivity contribution in [3.63, 3.8) is 0 Å². The Hall–Kier alpha value is -5.75. The van der Waals surface area contributed by atoms with Gasteiger partial charge in [-0.15, -0.1) is 0 Å². The predicted octanol–water partition coefficient (Wildman–Crippen LogP) is 6.42. The number of benzene rings is 4. The van der Waals surface area contributed by atoms with Crippen molar-refractivity contribution < 1.29 is 47.4 Å². The molecule has 0 saturated heterocycles. The van der Waals surface area contributed by atoms with Gasteiger partial charge in [-0.25, -0.2) is 0 Å². The molecule has 12 heteroatoms. The summed E-state index contributed by atoms with van der Waals surface area (Å²) in [4.78, 5) is 15.4. The van der Waals surface area contributed by atoms with Crippen LogP contribution in [0.5, 0.6) is 51.7 Å². The molecule has 6 rings (SSSR count). The molecule has 4 aromatic carbocycles. The zero-order chi connectivity index (χ0) is 39.4. The van der Waals surface area contributed by atoms with Crippen LogP contribution in [0.4, 0.5) is 0 Å². The number of methoxy groups -OCH3 is 9. The van der Waals surface area contributed by atoms with E-state index in [1.54, 1.807) is 64.0 Å². The monoisotopic (exact) mass is 754 g/mol. The maximum atomic E-state index is 13.1. The van der Waals surface area contributed by atoms with Gasteiger partial charge in [-0.3, -0.25) is 9.69 Å². The topological polar surface area (TPSA) is 115 Å². The van der Waals surface area contributed by atoms with Crippen LogP contribution in [-0.4, -0.2) is 95.3 Å². The average Bonchev–Trinajstić information content (AvgIpc) is 3.22. The van der Waals surface area contributed by atoms with E-state index < -0.39 is 0 Å². The lowest BCUT2D eigenvalue weighted by molar-refractivity contribution is -0.103. The standard InChI is InChI=1S/C43H50N2O10/c1-45-16-14-28-31(22-38(51-6)43(55-10)42(28)54-9)33(45)17-25-19-35(48-3)36(49-4)20-29(25)26-11-12-27(41(53-8)40(26)52-7)32(23-46)39-30-21-37(50-5)34(47-2)18-24(30)13-15-44-39/h11-12,18-23,33,44H,13-17H2,1-10H3/b39-32+/t33-/m0/s1. The van der Waals surface area contributed by atoms with Gasteiger partial charge in [-0.2, -0.15) is 0 Å². The normalized spacial score (nSPS) is 15.8. The first kappa shape index (κ1) is 39.0. The number of aldehydes is 1. The van der Waals surface area contributed by atoms with Crippen molar-refractivity contribution in [3.8, 4) is 62.9 Å². The summed E-state index contributed by atoms with van der Waals surface area (Å²) in [5.41, 5.74) is 8.28. The van der Waals surface area contributed by atoms with Gasteiger partial charge in [0, 0.05) is 47.0 Å². The Bertz CT molecular complexity index is 2110. The summed E-state index contributed by atoms with van der Waals surface area (Å²) in [6.45, 7) is 1.43. The lowest BCUT2D eigenvalue weighted by Gasteiger charge is -2.36. The summed E-state index contributed by atoms with van der Waals surface area (Å²) in [6, 6.07) is 13.7. The molecule has 0 saturated carbocycles. The van der Waals surface area contributed by atoms with Gasteiger partial charge < -0.3 is 47.9 Å². The van der Waals surface area contributed by atoms with Crippen LogP contribution in [0.1, 0.15) is 39.4 Å². The highest BCUT2D eigenvalue weighted by molar-refractivity contribution is 6.18. The van der Waals surface area contributed by atoms with Crippen molar-refractivity contribution in [2.45, 2.75) is 25.3 Å². The number of allylic oxidation sites excluding steroid dienone is 1. The smallest absolute Gasteiger partial charge is 0.203 e. The minimum atomic E-state index is -0.0686. The van der Waals surface area contributed by atoms with E-state index in [0.29, 0.717) is 81.5 Å². The minimum Gasteiger partial charge on any atom is -0.493 e. The molecule has 0 spiro atoms. The highest BCUT2D eigenvalue weighted by atomic mass is 16.5. The van der Waals surface area contributed by atoms with Crippen LogP contribution in [0, 0.1) is 0 Å². The molecule has 0 aromatic heterocycles. The molecule has 2 heterocycles. The number of carbonyl (C=O) groups is 1. The second kappa shape index (κ2) is 16.7. The van der Waals surface area contributed by atoms with Crippen molar-refractivity contribution in [1.29, 1.82) is 0 Å². The summed E-state index contributed by atoms with van der Waals surface area (Å²) >= 11 is 0. The number of ether oxygens (including phenoxy) is 9. The van der Waals surface area contributed by atoms with Crippen LogP contribution < -0.4 is 47.9 Å². The fraction of sp³-hybridized carbons (Fsp3) is 0.372. The van der Waals surface area contributed by atoms with E-state index in [1.807, 2.05) is 42.5 Å². The first-order valence-corrected chi connectivity index (χ1v) is 18.0. The molecule has 55 heavy (non-hydrogen) atoms. The number of hydrogen-bond acceptors (Lipinski definition) is 12. The molecule has 0 unspecified atom stereocenters. The van der Waals surface area contributed by atoms with Crippen LogP contribution >= 0.6 is 0 Å². The Labute approximate surface area is 322 Å². The molecule has 1 atom stereocenters. The Morgan fingerprint density at radius 2 is 1.25 bits per heavy atom. The lowest BCUT2D eigenvalue weighted by atomic mass is 9.85. The molecule has 0 amide bonds. The average molecular weight is 755 g/mol. The van der Waals surface area contributed by atoms with Gasteiger partial charge in [-0.05, 0) is 91.0 Å². The number of carbonyl (C=O) groups excluding carboxylic acids is 1. The lowest BCUT2D eigenvalue weighted by Crippen LogP contribution is -2.34. The van der Waals surface area contributed by atoms with E-state index >= 15 is 0 Å². The van der Waals surface area contributed by atoms with E-state index in [4.69, 9.17) is 42.6 Å². The van der Waals surface area contributed by atoms with E-state index in [1.165, 1.54) is 0 Å². The quantitative estimate of drug-likeness (QED) is 0.113. The maximum Gasteiger partial charge on any atom is 0.203 e. The number of hydrogen-bond donors (Lipinski definition) is 1. The highest BCUT2D eigenvalue weighted by Crippen LogP contribution is 2.50. The zero-order valence-electron chi connectivity index (χ0n) is 33.3. The molecular weight excluding hydrogens is 704 g/mol. The maximum absolute atomic E-state index is 13.1. The van der Waals surface area contributed by atoms with E-state index in [9.17, 15) is 4.79 Å². The van der Waals surface area contributed by atoms with Crippen molar-refractivity contribution in [1.82, 2.24) is 10.2 Å². The van der Waals surface area contributed by atoms with Gasteiger partial charge in [0.05, 0.1) is 69.7 Å². The van der Waals surface area contributed by atoms with E-state index in [0.717, 1.165) is 64.6 Å². The Kier molecular flexibility index (Phi) is 11.8. The Balaban J connectivity index is 1.54. The summed E-state index contributed by atoms with van der Waals surface area (Å²) in [5.74, 6) is 5.06. The molecule has 2 aliphatic rings. The fourth-order valence-electron chi connectivity index (χ4n) is 7.95. The van der Waals surface area contributed by atoms with Gasteiger partial charge in [0.1, 0.15) is 0 Å². The predicted molar refractivity (Wildman–Crippen MR) is 211 cm³/mol. The van der Waals surface area contributed by atoms with Crippen LogP contribution in [-0.2, 0) is 24.1 Å². The van der Waals surface area contributed by atoms with Gasteiger partial charge in [0.15, 0.2) is 52.3 Å². The molecule has 0 aliphatic carbocycles. The Morgan fingerprint density at radius 1 is 0.655 bits per heavy atom. The molecule has 2 aliphatic heterocycles. The summed E-state index contributed by atoms with van der Waals surface area (Å²) in [5, 5.41) is 3.46. The van der Waals surface area contributed by atoms with Gasteiger partial charge in [0.2, 0.25) is 5.75 Å². The molecule has 0 radical (unpaired) electrons. The minimum absolute atomic E-state index is 0.0686. The van der Waals surface area contributed by atoms with E-state index in [2.05, 4.69) is 17.3 Å². The summed E-state index contributed by atoms with van der Waals surface area (Å²) in [6.07, 6.45) is 2.97. The van der Waals surface area contributed by atoms with Crippen LogP contribution in [0.25, 0.3) is 22.4 Å². The second-order valence-electron chi connectivity index (χ2n) is 13.2. The number of fused-ring (bicyclic) bond motifs is 2. The molecular formula is C43H50N2O10. The SMILES string of the molecule is COc1cc2c(cc1OC)/C(=C(/C=O)c1ccc(-c3cc(OC)c(OC)cc3C[C@H]3c4cc(OC)c(OC)c(OC)c4CCN3C)c(OC)c1OC)NCC2. The largest absolute Gasteiger partial charge is 0.493 e. The molecule has 0 fully saturated rings. The van der Waals surface area contributed by atoms with Crippen LogP contribution in [0.3, 0.4) is 0 Å². The third-order valence-electron chi connectivity index (χ3n) is 10.7. The van der Waals surface area contributed by atoms with Crippen molar-refractivity contribution in [2.75, 3.05) is 84.1 Å². The first-order valence-electron chi connectivity index (χ1n) is 18.0. The van der Waals surface area contributed by atoms with Gasteiger partial charge >= 0.3 is 0 Å². The Morgan fingerprint density at radius 3 is 1.85 bits per heavy atom.